The number of halogens is 2. The number of benzene rings is 1. The van der Waals surface area contributed by atoms with E-state index in [1.165, 1.54) is 0 Å². The van der Waals surface area contributed by atoms with Crippen molar-refractivity contribution in [3.8, 4) is 0 Å². The molecule has 1 heterocycles. The third kappa shape index (κ3) is 3.55. The minimum Gasteiger partial charge on any atom is -0.317 e. The first-order valence-electron chi connectivity index (χ1n) is 7.25. The third-order valence-corrected chi connectivity index (χ3v) is 4.84. The van der Waals surface area contributed by atoms with E-state index in [1.807, 2.05) is 6.07 Å². The topological polar surface area (TPSA) is 29.1 Å². The summed E-state index contributed by atoms with van der Waals surface area (Å²) in [5.74, 6) is 0.310. The molecule has 0 bridgehead atoms. The van der Waals surface area contributed by atoms with Gasteiger partial charge < -0.3 is 5.32 Å². The van der Waals surface area contributed by atoms with Crippen LogP contribution >= 0.6 is 23.2 Å². The second-order valence-corrected chi connectivity index (χ2v) is 6.46. The van der Waals surface area contributed by atoms with Gasteiger partial charge in [-0.1, -0.05) is 36.5 Å². The maximum absolute atomic E-state index is 12.8. The number of hydrogen-bond donors (Lipinski definition) is 1. The fourth-order valence-corrected chi connectivity index (χ4v) is 3.47. The summed E-state index contributed by atoms with van der Waals surface area (Å²) < 4.78 is 0. The van der Waals surface area contributed by atoms with Gasteiger partial charge in [0.15, 0.2) is 0 Å². The number of rotatable bonds is 5. The van der Waals surface area contributed by atoms with Gasteiger partial charge in [-0.25, -0.2) is 0 Å². The number of carbonyl (C=O) groups is 1. The Hall–Kier alpha value is -0.570. The number of piperidine rings is 1. The van der Waals surface area contributed by atoms with Gasteiger partial charge in [0.1, 0.15) is 5.78 Å². The van der Waals surface area contributed by atoms with Gasteiger partial charge in [0.2, 0.25) is 0 Å². The molecule has 20 heavy (non-hydrogen) atoms. The molecule has 1 aromatic carbocycles. The van der Waals surface area contributed by atoms with Crippen molar-refractivity contribution in [3.05, 3.63) is 33.8 Å². The van der Waals surface area contributed by atoms with Crippen LogP contribution in [0.1, 0.15) is 38.2 Å². The monoisotopic (exact) mass is 313 g/mol. The number of ketones is 1. The molecule has 0 amide bonds. The maximum Gasteiger partial charge on any atom is 0.143 e. The van der Waals surface area contributed by atoms with Gasteiger partial charge in [-0.2, -0.15) is 0 Å². The molecule has 0 saturated carbocycles. The number of carbonyl (C=O) groups excluding carboxylic acids is 1. The molecule has 2 rings (SSSR count). The minimum atomic E-state index is -0.175. The summed E-state index contributed by atoms with van der Waals surface area (Å²) >= 11 is 12.2. The van der Waals surface area contributed by atoms with E-state index in [1.54, 1.807) is 12.1 Å². The molecular formula is C16H21Cl2NO. The Morgan fingerprint density at radius 2 is 2.00 bits per heavy atom. The molecule has 1 fully saturated rings. The number of Topliss-reactive ketones (excluding diaryl/α,β-unsaturated/α-hetero) is 1. The molecule has 4 heteroatoms. The summed E-state index contributed by atoms with van der Waals surface area (Å²) in [6.07, 6.45) is 4.25. The van der Waals surface area contributed by atoms with Gasteiger partial charge in [-0.15, -0.1) is 0 Å². The van der Waals surface area contributed by atoms with Gasteiger partial charge >= 0.3 is 0 Å². The minimum absolute atomic E-state index is 0.175. The van der Waals surface area contributed by atoms with E-state index in [4.69, 9.17) is 23.2 Å². The average molecular weight is 314 g/mol. The average Bonchev–Trinajstić information content (AvgIpc) is 2.44. The lowest BCUT2D eigenvalue weighted by molar-refractivity contribution is -0.130. The van der Waals surface area contributed by atoms with Crippen molar-refractivity contribution in [3.63, 3.8) is 0 Å². The lowest BCUT2D eigenvalue weighted by Crippen LogP contribution is -2.42. The summed E-state index contributed by atoms with van der Waals surface area (Å²) in [4.78, 5) is 12.8. The van der Waals surface area contributed by atoms with E-state index >= 15 is 0 Å². The summed E-state index contributed by atoms with van der Waals surface area (Å²) in [5.41, 5.74) is 0.671. The standard InChI is InChI=1S/C16H21Cl2NO/c1-2-5-16(6-8-19-9-7-16)15(20)11-12-10-13(17)3-4-14(12)18/h3-4,10,19H,2,5-9,11H2,1H3. The van der Waals surface area contributed by atoms with E-state index in [-0.39, 0.29) is 5.41 Å². The Morgan fingerprint density at radius 3 is 2.65 bits per heavy atom. The molecule has 1 aliphatic heterocycles. The Morgan fingerprint density at radius 1 is 1.30 bits per heavy atom. The maximum atomic E-state index is 12.8. The first-order chi connectivity index (χ1) is 9.57. The van der Waals surface area contributed by atoms with Gasteiger partial charge in [-0.3, -0.25) is 4.79 Å². The zero-order chi connectivity index (χ0) is 14.6. The molecule has 0 spiro atoms. The third-order valence-electron chi connectivity index (χ3n) is 4.24. The molecule has 0 atom stereocenters. The molecular weight excluding hydrogens is 293 g/mol. The molecule has 0 aliphatic carbocycles. The van der Waals surface area contributed by atoms with Gasteiger partial charge in [0, 0.05) is 21.9 Å². The lowest BCUT2D eigenvalue weighted by Gasteiger charge is -2.36. The molecule has 1 aromatic rings. The molecule has 1 N–H and O–H groups in total. The molecule has 0 radical (unpaired) electrons. The number of nitrogens with one attached hydrogen (secondary N) is 1. The van der Waals surface area contributed by atoms with Crippen LogP contribution in [-0.2, 0) is 11.2 Å². The van der Waals surface area contributed by atoms with Crippen LogP contribution in [0.2, 0.25) is 10.0 Å². The molecule has 1 saturated heterocycles. The van der Waals surface area contributed by atoms with Crippen molar-refractivity contribution in [2.75, 3.05) is 13.1 Å². The summed E-state index contributed by atoms with van der Waals surface area (Å²) in [6, 6.07) is 5.33. The zero-order valence-electron chi connectivity index (χ0n) is 11.8. The highest BCUT2D eigenvalue weighted by molar-refractivity contribution is 6.33. The fourth-order valence-electron chi connectivity index (χ4n) is 3.09. The van der Waals surface area contributed by atoms with Crippen LogP contribution in [0.25, 0.3) is 0 Å². The van der Waals surface area contributed by atoms with Crippen LogP contribution < -0.4 is 5.32 Å². The molecule has 1 aliphatic rings. The number of hydrogen-bond acceptors (Lipinski definition) is 2. The van der Waals surface area contributed by atoms with E-state index in [9.17, 15) is 4.79 Å². The highest BCUT2D eigenvalue weighted by Crippen LogP contribution is 2.37. The largest absolute Gasteiger partial charge is 0.317 e. The van der Waals surface area contributed by atoms with Crippen LogP contribution in [0, 0.1) is 5.41 Å². The van der Waals surface area contributed by atoms with Crippen LogP contribution in [0.15, 0.2) is 18.2 Å². The highest BCUT2D eigenvalue weighted by atomic mass is 35.5. The zero-order valence-corrected chi connectivity index (χ0v) is 13.4. The van der Waals surface area contributed by atoms with E-state index in [0.717, 1.165) is 44.3 Å². The van der Waals surface area contributed by atoms with Crippen molar-refractivity contribution >= 4 is 29.0 Å². The Bertz CT molecular complexity index is 476. The Balaban J connectivity index is 2.18. The highest BCUT2D eigenvalue weighted by Gasteiger charge is 2.38. The smallest absolute Gasteiger partial charge is 0.143 e. The molecule has 110 valence electrons. The van der Waals surface area contributed by atoms with Crippen LogP contribution in [-0.4, -0.2) is 18.9 Å². The van der Waals surface area contributed by atoms with Crippen molar-refractivity contribution in [1.82, 2.24) is 5.32 Å². The van der Waals surface area contributed by atoms with Crippen LogP contribution in [0.5, 0.6) is 0 Å². The SMILES string of the molecule is CCCC1(C(=O)Cc2cc(Cl)ccc2Cl)CCNCC1. The molecule has 2 nitrogen and oxygen atoms in total. The normalized spacial score (nSPS) is 17.9. The molecule has 0 unspecified atom stereocenters. The second kappa shape index (κ2) is 6.93. The van der Waals surface area contributed by atoms with Crippen molar-refractivity contribution in [1.29, 1.82) is 0 Å². The van der Waals surface area contributed by atoms with Gasteiger partial charge in [0.25, 0.3) is 0 Å². The first kappa shape index (κ1) is 15.8. The van der Waals surface area contributed by atoms with E-state index in [0.29, 0.717) is 22.2 Å². The van der Waals surface area contributed by atoms with Crippen LogP contribution in [0.3, 0.4) is 0 Å². The van der Waals surface area contributed by atoms with Crippen molar-refractivity contribution in [2.24, 2.45) is 5.41 Å². The van der Waals surface area contributed by atoms with E-state index < -0.39 is 0 Å². The summed E-state index contributed by atoms with van der Waals surface area (Å²) in [6.45, 7) is 3.99. The molecule has 0 aromatic heterocycles. The predicted molar refractivity (Wildman–Crippen MR) is 84.6 cm³/mol. The fraction of sp³-hybridized carbons (Fsp3) is 0.562. The lowest BCUT2D eigenvalue weighted by atomic mass is 9.70. The van der Waals surface area contributed by atoms with Crippen LogP contribution in [0.4, 0.5) is 0 Å². The van der Waals surface area contributed by atoms with Crippen molar-refractivity contribution < 1.29 is 4.79 Å². The quantitative estimate of drug-likeness (QED) is 0.879. The van der Waals surface area contributed by atoms with Crippen molar-refractivity contribution in [2.45, 2.75) is 39.0 Å². The summed E-state index contributed by atoms with van der Waals surface area (Å²) in [7, 11) is 0. The predicted octanol–water partition coefficient (Wildman–Crippen LogP) is 4.27. The van der Waals surface area contributed by atoms with Gasteiger partial charge in [-0.05, 0) is 56.1 Å². The first-order valence-corrected chi connectivity index (χ1v) is 8.01. The van der Waals surface area contributed by atoms with E-state index in [2.05, 4.69) is 12.2 Å². The Kier molecular flexibility index (Phi) is 5.48. The van der Waals surface area contributed by atoms with Gasteiger partial charge in [0.05, 0.1) is 0 Å². The second-order valence-electron chi connectivity index (χ2n) is 5.62. The summed E-state index contributed by atoms with van der Waals surface area (Å²) in [5, 5.41) is 4.60. The Labute approximate surface area is 130 Å².